The first kappa shape index (κ1) is 18.8. The van der Waals surface area contributed by atoms with E-state index in [0.29, 0.717) is 29.4 Å². The third-order valence-corrected chi connectivity index (χ3v) is 5.77. The number of aryl methyl sites for hydroxylation is 2. The lowest BCUT2D eigenvalue weighted by Gasteiger charge is -2.11. The maximum atomic E-state index is 13.0. The normalized spacial score (nSPS) is 11.4. The van der Waals surface area contributed by atoms with E-state index in [4.69, 9.17) is 4.74 Å². The van der Waals surface area contributed by atoms with Crippen molar-refractivity contribution in [3.05, 3.63) is 48.0 Å². The molecule has 0 saturated carbocycles. The van der Waals surface area contributed by atoms with Gasteiger partial charge in [-0.3, -0.25) is 14.4 Å². The van der Waals surface area contributed by atoms with Gasteiger partial charge < -0.3 is 4.74 Å². The maximum absolute atomic E-state index is 13.0. The number of ether oxygens (including phenoxy) is 1. The molecule has 0 aliphatic carbocycles. The summed E-state index contributed by atoms with van der Waals surface area (Å²) < 4.78 is 35.4. The zero-order valence-electron chi connectivity index (χ0n) is 15.6. The Morgan fingerprint density at radius 3 is 2.37 bits per heavy atom. The van der Waals surface area contributed by atoms with Crippen LogP contribution in [0, 0.1) is 13.8 Å². The van der Waals surface area contributed by atoms with Gasteiger partial charge in [0.1, 0.15) is 16.3 Å². The average Bonchev–Trinajstić information content (AvgIpc) is 2.96. The molecule has 0 atom stereocenters. The summed E-state index contributed by atoms with van der Waals surface area (Å²) in [4.78, 5) is 8.64. The molecule has 3 aromatic rings. The number of sulfonamides is 1. The second kappa shape index (κ2) is 7.36. The van der Waals surface area contributed by atoms with Crippen LogP contribution in [0.5, 0.6) is 5.75 Å². The first-order chi connectivity index (χ1) is 12.9. The predicted octanol–water partition coefficient (Wildman–Crippen LogP) is 2.79. The second-order valence-electron chi connectivity index (χ2n) is 5.90. The summed E-state index contributed by atoms with van der Waals surface area (Å²) in [5, 5.41) is 4.28. The van der Waals surface area contributed by atoms with Crippen molar-refractivity contribution in [1.29, 1.82) is 0 Å². The van der Waals surface area contributed by atoms with Gasteiger partial charge in [0.05, 0.1) is 18.5 Å². The van der Waals surface area contributed by atoms with Crippen molar-refractivity contribution in [2.75, 3.05) is 11.8 Å². The molecule has 0 aliphatic rings. The number of nitrogens with one attached hydrogen (secondary N) is 1. The highest BCUT2D eigenvalue weighted by Crippen LogP contribution is 2.28. The lowest BCUT2D eigenvalue weighted by atomic mass is 10.1. The van der Waals surface area contributed by atoms with E-state index in [0.717, 1.165) is 5.56 Å². The Kier molecular flexibility index (Phi) is 5.13. The molecule has 3 rings (SSSR count). The number of benzene rings is 1. The van der Waals surface area contributed by atoms with Crippen LogP contribution in [0.25, 0.3) is 11.3 Å². The minimum atomic E-state index is -3.87. The van der Waals surface area contributed by atoms with E-state index in [9.17, 15) is 8.42 Å². The molecule has 0 saturated heterocycles. The van der Waals surface area contributed by atoms with Crippen molar-refractivity contribution in [2.24, 2.45) is 0 Å². The minimum absolute atomic E-state index is 0.158. The zero-order valence-corrected chi connectivity index (χ0v) is 16.4. The number of hydrogen-bond acceptors (Lipinski definition) is 6. The fraction of sp³-hybridized carbons (Fsp3) is 0.278. The quantitative estimate of drug-likeness (QED) is 0.698. The van der Waals surface area contributed by atoms with Crippen molar-refractivity contribution in [3.63, 3.8) is 0 Å². The van der Waals surface area contributed by atoms with Gasteiger partial charge in [-0.2, -0.15) is 5.10 Å². The van der Waals surface area contributed by atoms with Crippen LogP contribution in [0.1, 0.15) is 18.3 Å². The predicted molar refractivity (Wildman–Crippen MR) is 102 cm³/mol. The molecule has 1 N–H and O–H groups in total. The molecule has 0 amide bonds. The number of methoxy groups -OCH3 is 1. The highest BCUT2D eigenvalue weighted by atomic mass is 32.2. The SMILES string of the molecule is CCn1nc(C)c(S(=O)(=O)Nc2nccnc2-c2ccc(OC)cc2)c1C. The molecular formula is C18H21N5O3S. The van der Waals surface area contributed by atoms with Crippen LogP contribution in [-0.2, 0) is 16.6 Å². The van der Waals surface area contributed by atoms with Gasteiger partial charge in [-0.25, -0.2) is 13.4 Å². The summed E-state index contributed by atoms with van der Waals surface area (Å²) in [5.74, 6) is 0.855. The van der Waals surface area contributed by atoms with E-state index in [-0.39, 0.29) is 10.7 Å². The van der Waals surface area contributed by atoms with Crippen molar-refractivity contribution in [3.8, 4) is 17.0 Å². The highest BCUT2D eigenvalue weighted by molar-refractivity contribution is 7.92. The fourth-order valence-electron chi connectivity index (χ4n) is 2.93. The number of rotatable bonds is 6. The Morgan fingerprint density at radius 1 is 1.11 bits per heavy atom. The first-order valence-electron chi connectivity index (χ1n) is 8.39. The molecule has 0 radical (unpaired) electrons. The van der Waals surface area contributed by atoms with Crippen LogP contribution in [-0.4, -0.2) is 35.3 Å². The third kappa shape index (κ3) is 3.63. The molecule has 1 aromatic carbocycles. The van der Waals surface area contributed by atoms with Crippen molar-refractivity contribution >= 4 is 15.8 Å². The van der Waals surface area contributed by atoms with Crippen molar-refractivity contribution < 1.29 is 13.2 Å². The Balaban J connectivity index is 2.02. The minimum Gasteiger partial charge on any atom is -0.497 e. The van der Waals surface area contributed by atoms with Gasteiger partial charge in [0.2, 0.25) is 0 Å². The van der Waals surface area contributed by atoms with E-state index in [1.165, 1.54) is 12.4 Å². The molecular weight excluding hydrogens is 366 g/mol. The summed E-state index contributed by atoms with van der Waals surface area (Å²) in [6.45, 7) is 5.91. The lowest BCUT2D eigenvalue weighted by molar-refractivity contribution is 0.415. The number of aromatic nitrogens is 4. The molecule has 9 heteroatoms. The second-order valence-corrected chi connectivity index (χ2v) is 7.52. The fourth-order valence-corrected chi connectivity index (χ4v) is 4.36. The largest absolute Gasteiger partial charge is 0.497 e. The summed E-state index contributed by atoms with van der Waals surface area (Å²) in [5.41, 5.74) is 2.18. The molecule has 0 unspecified atom stereocenters. The van der Waals surface area contributed by atoms with Gasteiger partial charge in [0.15, 0.2) is 5.82 Å². The average molecular weight is 387 g/mol. The summed E-state index contributed by atoms with van der Waals surface area (Å²) in [7, 11) is -2.29. The third-order valence-electron chi connectivity index (χ3n) is 4.18. The van der Waals surface area contributed by atoms with Crippen LogP contribution >= 0.6 is 0 Å². The van der Waals surface area contributed by atoms with Crippen LogP contribution in [0.15, 0.2) is 41.6 Å². The van der Waals surface area contributed by atoms with Gasteiger partial charge in [-0.05, 0) is 45.0 Å². The molecule has 8 nitrogen and oxygen atoms in total. The summed E-state index contributed by atoms with van der Waals surface area (Å²) in [6, 6.07) is 7.16. The molecule has 2 aromatic heterocycles. The van der Waals surface area contributed by atoms with E-state index >= 15 is 0 Å². The zero-order chi connectivity index (χ0) is 19.6. The Labute approximate surface area is 158 Å². The van der Waals surface area contributed by atoms with Crippen molar-refractivity contribution in [1.82, 2.24) is 19.7 Å². The maximum Gasteiger partial charge on any atom is 0.266 e. The molecule has 0 spiro atoms. The molecule has 27 heavy (non-hydrogen) atoms. The van der Waals surface area contributed by atoms with Crippen LogP contribution < -0.4 is 9.46 Å². The molecule has 0 aliphatic heterocycles. The summed E-state index contributed by atoms with van der Waals surface area (Å²) >= 11 is 0. The Hall–Kier alpha value is -2.94. The summed E-state index contributed by atoms with van der Waals surface area (Å²) in [6.07, 6.45) is 2.96. The molecule has 0 fully saturated rings. The van der Waals surface area contributed by atoms with Crippen LogP contribution in [0.2, 0.25) is 0 Å². The first-order valence-corrected chi connectivity index (χ1v) is 9.88. The number of hydrogen-bond donors (Lipinski definition) is 1. The smallest absolute Gasteiger partial charge is 0.266 e. The van der Waals surface area contributed by atoms with E-state index in [2.05, 4.69) is 19.8 Å². The molecule has 0 bridgehead atoms. The van der Waals surface area contributed by atoms with Gasteiger partial charge in [0, 0.05) is 24.5 Å². The Morgan fingerprint density at radius 2 is 1.78 bits per heavy atom. The van der Waals surface area contributed by atoms with Gasteiger partial charge in [-0.1, -0.05) is 0 Å². The monoisotopic (exact) mass is 387 g/mol. The number of anilines is 1. The lowest BCUT2D eigenvalue weighted by Crippen LogP contribution is -2.17. The Bertz CT molecular complexity index is 1060. The topological polar surface area (TPSA) is 99.0 Å². The van der Waals surface area contributed by atoms with Gasteiger partial charge in [-0.15, -0.1) is 0 Å². The van der Waals surface area contributed by atoms with Crippen LogP contribution in [0.3, 0.4) is 0 Å². The molecule has 142 valence electrons. The molecule has 2 heterocycles. The van der Waals surface area contributed by atoms with E-state index in [1.807, 2.05) is 6.92 Å². The van der Waals surface area contributed by atoms with Crippen LogP contribution in [0.4, 0.5) is 5.82 Å². The number of nitrogens with zero attached hydrogens (tertiary/aromatic N) is 4. The van der Waals surface area contributed by atoms with Crippen molar-refractivity contribution in [2.45, 2.75) is 32.2 Å². The van der Waals surface area contributed by atoms with Gasteiger partial charge in [0.25, 0.3) is 10.0 Å². The van der Waals surface area contributed by atoms with E-state index < -0.39 is 10.0 Å². The van der Waals surface area contributed by atoms with E-state index in [1.54, 1.807) is 49.9 Å². The van der Waals surface area contributed by atoms with Gasteiger partial charge >= 0.3 is 0 Å². The standard InChI is InChI=1S/C18H21N5O3S/c1-5-23-13(3)17(12(2)21-23)27(24,25)22-18-16(19-10-11-20-18)14-6-8-15(26-4)9-7-14/h6-11H,5H2,1-4H3,(H,20,22). The highest BCUT2D eigenvalue weighted by Gasteiger charge is 2.26.